The normalized spacial score (nSPS) is 10.7. The Kier molecular flexibility index (Phi) is 8.12. The molecule has 0 atom stereocenters. The molecule has 0 saturated carbocycles. The van der Waals surface area contributed by atoms with E-state index in [4.69, 9.17) is 9.47 Å². The molecule has 0 fully saturated rings. The van der Waals surface area contributed by atoms with Gasteiger partial charge in [0.15, 0.2) is 0 Å². The highest BCUT2D eigenvalue weighted by Gasteiger charge is 2.26. The van der Waals surface area contributed by atoms with Gasteiger partial charge in [0.05, 0.1) is 25.8 Å². The van der Waals surface area contributed by atoms with Crippen LogP contribution < -0.4 is 24.8 Å². The van der Waals surface area contributed by atoms with Crippen molar-refractivity contribution >= 4 is 39.5 Å². The lowest BCUT2D eigenvalue weighted by Crippen LogP contribution is -2.36. The first kappa shape index (κ1) is 25.3. The summed E-state index contributed by atoms with van der Waals surface area (Å²) in [6.45, 7) is 1.62. The first-order valence-corrected chi connectivity index (χ1v) is 11.0. The average molecular weight is 481 g/mol. The van der Waals surface area contributed by atoms with Gasteiger partial charge in [-0.05, 0) is 18.2 Å². The van der Waals surface area contributed by atoms with Gasteiger partial charge in [0.1, 0.15) is 4.90 Å². The Labute approximate surface area is 190 Å². The number of rotatable bonds is 8. The number of aromatic nitrogens is 2. The second kappa shape index (κ2) is 10.6. The van der Waals surface area contributed by atoms with Gasteiger partial charge in [-0.25, -0.2) is 17.9 Å². The van der Waals surface area contributed by atoms with Crippen LogP contribution in [-0.2, 0) is 14.8 Å². The van der Waals surface area contributed by atoms with Crippen molar-refractivity contribution in [3.05, 3.63) is 29.8 Å². The Hall–Kier alpha value is -3.94. The van der Waals surface area contributed by atoms with Crippen molar-refractivity contribution < 1.29 is 32.3 Å². The van der Waals surface area contributed by atoms with Crippen LogP contribution >= 0.6 is 0 Å². The highest BCUT2D eigenvalue weighted by Crippen LogP contribution is 2.23. The Morgan fingerprint density at radius 2 is 1.61 bits per heavy atom. The summed E-state index contributed by atoms with van der Waals surface area (Å²) in [5.74, 6) is -1.13. The van der Waals surface area contributed by atoms with Crippen LogP contribution in [0.3, 0.4) is 0 Å². The molecular weight excluding hydrogens is 456 g/mol. The number of amides is 4. The largest absolute Gasteiger partial charge is 0.481 e. The third-order valence-electron chi connectivity index (χ3n) is 4.06. The lowest BCUT2D eigenvalue weighted by Gasteiger charge is -2.16. The molecule has 3 N–H and O–H groups in total. The predicted octanol–water partition coefficient (Wildman–Crippen LogP) is 1.05. The SMILES string of the molecule is CCC(=O)Nc1ccc(C(=O)N(C)C)c(S(=O)(=O)NC(=O)Nc2nc(OC)cc(OC)n2)c1. The van der Waals surface area contributed by atoms with Gasteiger partial charge in [-0.1, -0.05) is 6.92 Å². The van der Waals surface area contributed by atoms with E-state index in [-0.39, 0.29) is 41.3 Å². The van der Waals surface area contributed by atoms with Crippen LogP contribution in [0.1, 0.15) is 23.7 Å². The number of sulfonamides is 1. The molecular formula is C19H24N6O7S. The fraction of sp³-hybridized carbons (Fsp3) is 0.316. The maximum Gasteiger partial charge on any atom is 0.335 e. The van der Waals surface area contributed by atoms with Crippen LogP contribution in [0.15, 0.2) is 29.2 Å². The fourth-order valence-corrected chi connectivity index (χ4v) is 3.59. The van der Waals surface area contributed by atoms with E-state index >= 15 is 0 Å². The van der Waals surface area contributed by atoms with E-state index in [1.807, 2.05) is 0 Å². The summed E-state index contributed by atoms with van der Waals surface area (Å²) in [5, 5.41) is 4.68. The molecule has 0 spiro atoms. The van der Waals surface area contributed by atoms with E-state index in [0.29, 0.717) is 0 Å². The summed E-state index contributed by atoms with van der Waals surface area (Å²) in [7, 11) is 0.997. The minimum Gasteiger partial charge on any atom is -0.481 e. The molecule has 0 aliphatic rings. The monoisotopic (exact) mass is 480 g/mol. The zero-order chi connectivity index (χ0) is 24.8. The number of methoxy groups -OCH3 is 2. The molecule has 178 valence electrons. The summed E-state index contributed by atoms with van der Waals surface area (Å²) in [6, 6.07) is 3.88. The zero-order valence-electron chi connectivity index (χ0n) is 18.6. The molecule has 0 saturated heterocycles. The average Bonchev–Trinajstić information content (AvgIpc) is 2.77. The molecule has 13 nitrogen and oxygen atoms in total. The van der Waals surface area contributed by atoms with E-state index in [2.05, 4.69) is 20.6 Å². The Morgan fingerprint density at radius 1 is 1.00 bits per heavy atom. The van der Waals surface area contributed by atoms with Crippen molar-refractivity contribution in [2.75, 3.05) is 38.9 Å². The number of carbonyl (C=O) groups excluding carboxylic acids is 3. The van der Waals surface area contributed by atoms with Gasteiger partial charge in [0.25, 0.3) is 15.9 Å². The molecule has 1 aromatic heterocycles. The second-order valence-electron chi connectivity index (χ2n) is 6.65. The van der Waals surface area contributed by atoms with Crippen molar-refractivity contribution in [1.82, 2.24) is 19.6 Å². The quantitative estimate of drug-likeness (QED) is 0.500. The lowest BCUT2D eigenvalue weighted by atomic mass is 10.2. The Balaban J connectivity index is 2.39. The van der Waals surface area contributed by atoms with Crippen LogP contribution in [0.5, 0.6) is 11.8 Å². The number of urea groups is 1. The second-order valence-corrected chi connectivity index (χ2v) is 8.30. The Bertz CT molecular complexity index is 1140. The number of hydrogen-bond donors (Lipinski definition) is 3. The number of carbonyl (C=O) groups is 3. The van der Waals surface area contributed by atoms with E-state index in [1.54, 1.807) is 11.6 Å². The molecule has 0 aliphatic carbocycles. The first-order valence-electron chi connectivity index (χ1n) is 9.47. The summed E-state index contributed by atoms with van der Waals surface area (Å²) in [6.07, 6.45) is 0.158. The topological polar surface area (TPSA) is 169 Å². The highest BCUT2D eigenvalue weighted by molar-refractivity contribution is 7.90. The number of hydrogen-bond acceptors (Lipinski definition) is 9. The zero-order valence-corrected chi connectivity index (χ0v) is 19.4. The smallest absolute Gasteiger partial charge is 0.335 e. The van der Waals surface area contributed by atoms with E-state index in [0.717, 1.165) is 6.07 Å². The summed E-state index contributed by atoms with van der Waals surface area (Å²) >= 11 is 0. The van der Waals surface area contributed by atoms with Gasteiger partial charge in [-0.3, -0.25) is 14.9 Å². The van der Waals surface area contributed by atoms with Gasteiger partial charge in [-0.15, -0.1) is 0 Å². The molecule has 2 aromatic rings. The van der Waals surface area contributed by atoms with Gasteiger partial charge >= 0.3 is 6.03 Å². The molecule has 1 aromatic carbocycles. The standard InChI is InChI=1S/C19H24N6O7S/c1-6-14(26)20-11-7-8-12(17(27)25(2)3)13(9-11)33(29,30)24-19(28)23-18-21-15(31-4)10-16(22-18)32-5/h7-10H,6H2,1-5H3,(H,20,26)(H2,21,22,23,24,28). The minimum atomic E-state index is -4.56. The number of ether oxygens (including phenoxy) is 2. The Morgan fingerprint density at radius 3 is 2.12 bits per heavy atom. The van der Waals surface area contributed by atoms with Gasteiger partial charge in [-0.2, -0.15) is 9.97 Å². The molecule has 0 unspecified atom stereocenters. The predicted molar refractivity (Wildman–Crippen MR) is 118 cm³/mol. The van der Waals surface area contributed by atoms with Crippen molar-refractivity contribution in [1.29, 1.82) is 0 Å². The molecule has 0 bridgehead atoms. The first-order chi connectivity index (χ1) is 15.5. The molecule has 33 heavy (non-hydrogen) atoms. The fourth-order valence-electron chi connectivity index (χ4n) is 2.46. The van der Waals surface area contributed by atoms with Crippen molar-refractivity contribution in [2.24, 2.45) is 0 Å². The molecule has 4 amide bonds. The van der Waals surface area contributed by atoms with Crippen LogP contribution in [0.2, 0.25) is 0 Å². The van der Waals surface area contributed by atoms with Crippen LogP contribution in [0.4, 0.5) is 16.4 Å². The molecule has 0 radical (unpaired) electrons. The molecule has 0 aliphatic heterocycles. The summed E-state index contributed by atoms with van der Waals surface area (Å²) in [4.78, 5) is 45.0. The van der Waals surface area contributed by atoms with Gasteiger partial charge in [0, 0.05) is 26.2 Å². The number of nitrogens with one attached hydrogen (secondary N) is 3. The van der Waals surface area contributed by atoms with Crippen LogP contribution in [-0.4, -0.2) is 69.4 Å². The van der Waals surface area contributed by atoms with E-state index in [1.165, 1.54) is 51.4 Å². The number of nitrogens with zero attached hydrogens (tertiary/aromatic N) is 3. The third kappa shape index (κ3) is 6.52. The van der Waals surface area contributed by atoms with Crippen molar-refractivity contribution in [2.45, 2.75) is 18.2 Å². The highest BCUT2D eigenvalue weighted by atomic mass is 32.2. The van der Waals surface area contributed by atoms with Gasteiger partial charge in [0.2, 0.25) is 23.6 Å². The van der Waals surface area contributed by atoms with Gasteiger partial charge < -0.3 is 19.7 Å². The van der Waals surface area contributed by atoms with E-state index < -0.39 is 26.9 Å². The maximum absolute atomic E-state index is 13.0. The van der Waals surface area contributed by atoms with E-state index in [9.17, 15) is 22.8 Å². The third-order valence-corrected chi connectivity index (χ3v) is 5.43. The maximum atomic E-state index is 13.0. The lowest BCUT2D eigenvalue weighted by molar-refractivity contribution is -0.115. The minimum absolute atomic E-state index is 0.0678. The summed E-state index contributed by atoms with van der Waals surface area (Å²) < 4.78 is 37.7. The van der Waals surface area contributed by atoms with Crippen molar-refractivity contribution in [3.63, 3.8) is 0 Å². The van der Waals surface area contributed by atoms with Crippen molar-refractivity contribution in [3.8, 4) is 11.8 Å². The van der Waals surface area contributed by atoms with Crippen LogP contribution in [0, 0.1) is 0 Å². The van der Waals surface area contributed by atoms with Crippen LogP contribution in [0.25, 0.3) is 0 Å². The number of anilines is 2. The molecule has 14 heteroatoms. The molecule has 2 rings (SSSR count). The summed E-state index contributed by atoms with van der Waals surface area (Å²) in [5.41, 5.74) is -0.0621. The molecule has 1 heterocycles. The number of benzene rings is 1.